The number of phenolic OH excluding ortho intramolecular Hbond substituents is 2. The predicted molar refractivity (Wildman–Crippen MR) is 211 cm³/mol. The molecule has 6 aromatic rings. The van der Waals surface area contributed by atoms with Crippen molar-refractivity contribution in [3.63, 3.8) is 0 Å². The van der Waals surface area contributed by atoms with E-state index in [1.54, 1.807) is 57.2 Å². The second-order valence-corrected chi connectivity index (χ2v) is 12.1. The van der Waals surface area contributed by atoms with Crippen LogP contribution in [0.5, 0.6) is 34.5 Å². The number of phenols is 2. The highest BCUT2D eigenvalue weighted by Gasteiger charge is 2.14. The first kappa shape index (κ1) is 41.8. The molecule has 0 aliphatic rings. The third kappa shape index (κ3) is 12.2. The normalized spacial score (nSPS) is 9.85. The Kier molecular flexibility index (Phi) is 16.6. The van der Waals surface area contributed by atoms with Gasteiger partial charge in [0.15, 0.2) is 34.5 Å². The van der Waals surface area contributed by atoms with Crippen molar-refractivity contribution in [1.82, 2.24) is 15.0 Å². The van der Waals surface area contributed by atoms with Crippen molar-refractivity contribution in [2.24, 2.45) is 0 Å². The lowest BCUT2D eigenvalue weighted by molar-refractivity contribution is 0.355. The third-order valence-corrected chi connectivity index (χ3v) is 8.57. The Morgan fingerprint density at radius 3 is 1.40 bits per heavy atom. The van der Waals surface area contributed by atoms with Gasteiger partial charge in [-0.05, 0) is 120 Å². The monoisotopic (exact) mass is 783 g/mol. The molecule has 3 aromatic carbocycles. The number of aromatic hydroxyl groups is 2. The van der Waals surface area contributed by atoms with Gasteiger partial charge in [-0.25, -0.2) is 0 Å². The molecule has 6 rings (SSSR count). The van der Waals surface area contributed by atoms with E-state index in [0.29, 0.717) is 17.0 Å². The number of methoxy groups -OCH3 is 4. The summed E-state index contributed by atoms with van der Waals surface area (Å²) >= 11 is 3.36. The van der Waals surface area contributed by atoms with Crippen molar-refractivity contribution < 1.29 is 39.2 Å². The molecule has 0 fully saturated rings. The minimum Gasteiger partial charge on any atom is -0.504 e. The van der Waals surface area contributed by atoms with Gasteiger partial charge in [-0.1, -0.05) is 34.1 Å². The zero-order chi connectivity index (χ0) is 38.9. The molecule has 3 aromatic heterocycles. The van der Waals surface area contributed by atoms with Crippen LogP contribution in [0.15, 0.2) is 114 Å². The summed E-state index contributed by atoms with van der Waals surface area (Å²) in [5, 5.41) is 36.3. The molecule has 0 bridgehead atoms. The lowest BCUT2D eigenvalue weighted by Crippen LogP contribution is -2.29. The smallest absolute Gasteiger partial charge is 0.488 e. The number of rotatable bonds is 7. The average Bonchev–Trinajstić information content (AvgIpc) is 3.17. The van der Waals surface area contributed by atoms with Crippen molar-refractivity contribution in [1.29, 1.82) is 0 Å². The van der Waals surface area contributed by atoms with E-state index in [2.05, 4.69) is 30.9 Å². The van der Waals surface area contributed by atoms with Crippen LogP contribution in [0.2, 0.25) is 0 Å². The molecule has 0 aliphatic carbocycles. The summed E-state index contributed by atoms with van der Waals surface area (Å²) in [6.45, 7) is 6.00. The average molecular weight is 785 g/mol. The van der Waals surface area contributed by atoms with E-state index in [4.69, 9.17) is 29.0 Å². The number of benzene rings is 3. The zero-order valence-corrected chi connectivity index (χ0v) is 32.2. The van der Waals surface area contributed by atoms with Gasteiger partial charge in [0, 0.05) is 41.7 Å². The van der Waals surface area contributed by atoms with Gasteiger partial charge in [-0.2, -0.15) is 0 Å². The molecular weight excluding hydrogens is 741 g/mol. The first-order valence-electron chi connectivity index (χ1n) is 16.1. The second kappa shape index (κ2) is 21.0. The molecule has 0 spiro atoms. The highest BCUT2D eigenvalue weighted by molar-refractivity contribution is 9.10. The highest BCUT2D eigenvalue weighted by atomic mass is 79.9. The van der Waals surface area contributed by atoms with Crippen LogP contribution in [0.4, 0.5) is 0 Å². The van der Waals surface area contributed by atoms with Gasteiger partial charge >= 0.3 is 7.12 Å². The van der Waals surface area contributed by atoms with E-state index >= 15 is 0 Å². The molecule has 0 saturated carbocycles. The summed E-state index contributed by atoms with van der Waals surface area (Å²) in [6.07, 6.45) is 10.7. The molecule has 11 nitrogen and oxygen atoms in total. The van der Waals surface area contributed by atoms with Gasteiger partial charge in [0.1, 0.15) is 0 Å². The minimum atomic E-state index is -1.49. The Balaban J connectivity index is 0.000000196. The molecule has 4 N–H and O–H groups in total. The first-order valence-corrected chi connectivity index (χ1v) is 16.9. The van der Waals surface area contributed by atoms with Crippen molar-refractivity contribution >= 4 is 28.5 Å². The number of aryl methyl sites for hydroxylation is 3. The van der Waals surface area contributed by atoms with Gasteiger partial charge in [0.05, 0.1) is 28.4 Å². The maximum absolute atomic E-state index is 9.39. The molecule has 0 amide bonds. The number of ether oxygens (including phenoxy) is 4. The van der Waals surface area contributed by atoms with Crippen LogP contribution in [0.3, 0.4) is 0 Å². The Bertz CT molecular complexity index is 2050. The molecule has 53 heavy (non-hydrogen) atoms. The number of aromatic nitrogens is 3. The van der Waals surface area contributed by atoms with Crippen LogP contribution in [-0.2, 0) is 0 Å². The first-order chi connectivity index (χ1) is 25.4. The topological polar surface area (TPSA) is 157 Å². The van der Waals surface area contributed by atoms with Crippen molar-refractivity contribution in [3.05, 3.63) is 131 Å². The lowest BCUT2D eigenvalue weighted by atomic mass is 9.80. The largest absolute Gasteiger partial charge is 0.504 e. The number of nitrogens with zero attached hydrogens (tertiary/aromatic N) is 3. The van der Waals surface area contributed by atoms with E-state index in [9.17, 15) is 10.2 Å². The predicted octanol–water partition coefficient (Wildman–Crippen LogP) is 7.08. The molecular formula is C40H43BBrN3O8. The van der Waals surface area contributed by atoms with Gasteiger partial charge in [0.25, 0.3) is 0 Å². The van der Waals surface area contributed by atoms with Crippen molar-refractivity contribution in [3.8, 4) is 56.8 Å². The maximum Gasteiger partial charge on any atom is 0.488 e. The molecule has 0 saturated heterocycles. The number of hydrogen-bond donors (Lipinski definition) is 4. The van der Waals surface area contributed by atoms with Gasteiger partial charge in [-0.15, -0.1) is 0 Å². The zero-order valence-electron chi connectivity index (χ0n) is 30.6. The summed E-state index contributed by atoms with van der Waals surface area (Å²) in [4.78, 5) is 12.0. The van der Waals surface area contributed by atoms with Crippen LogP contribution in [0.1, 0.15) is 16.7 Å². The lowest BCUT2D eigenvalue weighted by Gasteiger charge is -2.10. The minimum absolute atomic E-state index is 0.106. The van der Waals surface area contributed by atoms with Crippen LogP contribution in [0, 0.1) is 20.8 Å². The molecule has 0 unspecified atom stereocenters. The van der Waals surface area contributed by atoms with Crippen molar-refractivity contribution in [2.45, 2.75) is 20.8 Å². The second-order valence-electron chi connectivity index (χ2n) is 11.3. The summed E-state index contributed by atoms with van der Waals surface area (Å²) in [7, 11) is 4.80. The fourth-order valence-electron chi connectivity index (χ4n) is 4.76. The Hall–Kier alpha value is -5.63. The summed E-state index contributed by atoms with van der Waals surface area (Å²) in [5.41, 5.74) is 7.83. The molecule has 0 radical (unpaired) electrons. The number of hydrogen-bond acceptors (Lipinski definition) is 11. The van der Waals surface area contributed by atoms with E-state index in [-0.39, 0.29) is 11.5 Å². The molecule has 276 valence electrons. The molecule has 0 atom stereocenters. The number of halogens is 1. The molecule has 13 heteroatoms. The highest BCUT2D eigenvalue weighted by Crippen LogP contribution is 2.33. The fourth-order valence-corrected chi connectivity index (χ4v) is 4.98. The van der Waals surface area contributed by atoms with Crippen LogP contribution >= 0.6 is 15.9 Å². The quantitative estimate of drug-likeness (QED) is 0.0970. The van der Waals surface area contributed by atoms with E-state index in [1.165, 1.54) is 38.0 Å². The van der Waals surface area contributed by atoms with Crippen LogP contribution in [0.25, 0.3) is 22.3 Å². The van der Waals surface area contributed by atoms with E-state index in [0.717, 1.165) is 49.4 Å². The van der Waals surface area contributed by atoms with Crippen LogP contribution in [-0.4, -0.2) is 70.8 Å². The Morgan fingerprint density at radius 2 is 0.962 bits per heavy atom. The summed E-state index contributed by atoms with van der Waals surface area (Å²) < 4.78 is 21.6. The Labute approximate surface area is 318 Å². The SMILES string of the molecule is COc1ccc(-c2ccncc2C)cc1OC.COc1ccc(B(O)O)cc1OC.Cc1cnccc1-c1ccc(O)c(O)c1.Cc1cnccc1Br. The van der Waals surface area contributed by atoms with Crippen LogP contribution < -0.4 is 24.4 Å². The standard InChI is InChI=1S/C14H15NO2.C12H11NO2.C8H11BO4.C6H6BrN/c1-10-9-15-7-6-12(10)11-4-5-13(16-2)14(8-11)17-3;1-8-7-13-5-4-10(8)9-2-3-11(14)12(15)6-9;1-12-7-4-3-6(9(10)11)5-8(7)13-2;1-5-4-8-3-2-6(5)7/h4-9H,1-3H3;2-7,14-15H,1H3;3-5,10-11H,1-2H3;2-4H,1H3. The van der Waals surface area contributed by atoms with Gasteiger partial charge < -0.3 is 39.2 Å². The summed E-state index contributed by atoms with van der Waals surface area (Å²) in [6, 6.07) is 21.2. The maximum atomic E-state index is 9.39. The summed E-state index contributed by atoms with van der Waals surface area (Å²) in [5.74, 6) is 2.30. The van der Waals surface area contributed by atoms with E-state index < -0.39 is 7.12 Å². The molecule has 3 heterocycles. The van der Waals surface area contributed by atoms with Crippen molar-refractivity contribution in [2.75, 3.05) is 28.4 Å². The third-order valence-electron chi connectivity index (χ3n) is 7.68. The Morgan fingerprint density at radius 1 is 0.509 bits per heavy atom. The number of pyridine rings is 3. The fraction of sp³-hybridized carbons (Fsp3) is 0.175. The molecule has 0 aliphatic heterocycles. The van der Waals surface area contributed by atoms with Gasteiger partial charge in [-0.3, -0.25) is 15.0 Å². The van der Waals surface area contributed by atoms with E-state index in [1.807, 2.05) is 69.6 Å². The van der Waals surface area contributed by atoms with Gasteiger partial charge in [0.2, 0.25) is 0 Å².